The topological polar surface area (TPSA) is 41.6 Å². The molecule has 0 unspecified atom stereocenters. The van der Waals surface area contributed by atoms with Gasteiger partial charge in [-0.2, -0.15) is 0 Å². The van der Waals surface area contributed by atoms with Crippen LogP contribution in [0.3, 0.4) is 0 Å². The molecule has 1 aliphatic carbocycles. The maximum absolute atomic E-state index is 11.9. The first-order chi connectivity index (χ1) is 8.26. The Labute approximate surface area is 104 Å². The number of urea groups is 1. The molecule has 17 heavy (non-hydrogen) atoms. The highest BCUT2D eigenvalue weighted by atomic mass is 16.5. The van der Waals surface area contributed by atoms with E-state index in [1.807, 2.05) is 4.90 Å². The van der Waals surface area contributed by atoms with E-state index in [2.05, 4.69) is 5.32 Å². The lowest BCUT2D eigenvalue weighted by Gasteiger charge is -2.42. The molecule has 1 aliphatic heterocycles. The highest BCUT2D eigenvalue weighted by Crippen LogP contribution is 2.43. The van der Waals surface area contributed by atoms with Crippen molar-refractivity contribution in [3.8, 4) is 0 Å². The summed E-state index contributed by atoms with van der Waals surface area (Å²) >= 11 is 0. The molecule has 2 amide bonds. The molecule has 0 aromatic rings. The Balaban J connectivity index is 1.73. The van der Waals surface area contributed by atoms with Gasteiger partial charge in [0.2, 0.25) is 0 Å². The maximum atomic E-state index is 11.9. The molecule has 0 spiro atoms. The standard InChI is InChI=1S/C13H24N2O2/c1-17-10-7-13(5-4-6-13)11-14-12(16)15-8-2-3-9-15/h2-11H2,1H3,(H,14,16). The molecular weight excluding hydrogens is 216 g/mol. The zero-order valence-electron chi connectivity index (χ0n) is 10.8. The molecule has 0 bridgehead atoms. The fraction of sp³-hybridized carbons (Fsp3) is 0.923. The van der Waals surface area contributed by atoms with Crippen LogP contribution in [0.5, 0.6) is 0 Å². The minimum absolute atomic E-state index is 0.131. The number of carbonyl (C=O) groups excluding carboxylic acids is 1. The molecule has 2 aliphatic rings. The number of amides is 2. The van der Waals surface area contributed by atoms with Gasteiger partial charge in [0.15, 0.2) is 0 Å². The van der Waals surface area contributed by atoms with Crippen molar-refractivity contribution in [1.82, 2.24) is 10.2 Å². The summed E-state index contributed by atoms with van der Waals surface area (Å²) in [6.45, 7) is 3.49. The van der Waals surface area contributed by atoms with Gasteiger partial charge in [0.05, 0.1) is 0 Å². The number of carbonyl (C=O) groups is 1. The summed E-state index contributed by atoms with van der Waals surface area (Å²) < 4.78 is 5.16. The van der Waals surface area contributed by atoms with E-state index in [4.69, 9.17) is 4.74 Å². The van der Waals surface area contributed by atoms with Crippen LogP contribution in [0.2, 0.25) is 0 Å². The molecule has 0 aromatic carbocycles. The lowest BCUT2D eigenvalue weighted by Crippen LogP contribution is -2.46. The molecule has 0 radical (unpaired) electrons. The molecule has 0 atom stereocenters. The van der Waals surface area contributed by atoms with E-state index in [1.54, 1.807) is 7.11 Å². The van der Waals surface area contributed by atoms with Crippen molar-refractivity contribution in [3.63, 3.8) is 0 Å². The smallest absolute Gasteiger partial charge is 0.317 e. The summed E-state index contributed by atoms with van der Waals surface area (Å²) in [7, 11) is 1.75. The van der Waals surface area contributed by atoms with Gasteiger partial charge in [-0.15, -0.1) is 0 Å². The molecule has 2 fully saturated rings. The van der Waals surface area contributed by atoms with Crippen LogP contribution in [0.4, 0.5) is 4.79 Å². The Morgan fingerprint density at radius 2 is 2.00 bits per heavy atom. The summed E-state index contributed by atoms with van der Waals surface area (Å²) in [5.41, 5.74) is 0.325. The summed E-state index contributed by atoms with van der Waals surface area (Å²) in [5, 5.41) is 3.11. The van der Waals surface area contributed by atoms with Gasteiger partial charge < -0.3 is 15.0 Å². The predicted molar refractivity (Wildman–Crippen MR) is 67.0 cm³/mol. The second-order valence-corrected chi connectivity index (χ2v) is 5.45. The molecule has 4 nitrogen and oxygen atoms in total. The van der Waals surface area contributed by atoms with E-state index in [0.29, 0.717) is 5.41 Å². The number of likely N-dealkylation sites (tertiary alicyclic amines) is 1. The number of hydrogen-bond acceptors (Lipinski definition) is 2. The number of nitrogens with zero attached hydrogens (tertiary/aromatic N) is 1. The first kappa shape index (κ1) is 12.7. The quantitative estimate of drug-likeness (QED) is 0.798. The van der Waals surface area contributed by atoms with Crippen LogP contribution in [0, 0.1) is 5.41 Å². The van der Waals surface area contributed by atoms with E-state index in [-0.39, 0.29) is 6.03 Å². The maximum Gasteiger partial charge on any atom is 0.317 e. The fourth-order valence-corrected chi connectivity index (χ4v) is 2.81. The SMILES string of the molecule is COCCC1(CNC(=O)N2CCCC2)CCC1. The van der Waals surface area contributed by atoms with Gasteiger partial charge in [0, 0.05) is 33.4 Å². The Kier molecular flexibility index (Phi) is 4.26. The van der Waals surface area contributed by atoms with Crippen molar-refractivity contribution in [2.24, 2.45) is 5.41 Å². The average Bonchev–Trinajstić information content (AvgIpc) is 2.80. The molecule has 1 saturated carbocycles. The van der Waals surface area contributed by atoms with Crippen LogP contribution in [0.15, 0.2) is 0 Å². The summed E-state index contributed by atoms with van der Waals surface area (Å²) in [6.07, 6.45) is 7.14. The largest absolute Gasteiger partial charge is 0.385 e. The number of ether oxygens (including phenoxy) is 1. The molecule has 4 heteroatoms. The Morgan fingerprint density at radius 3 is 2.53 bits per heavy atom. The average molecular weight is 240 g/mol. The second kappa shape index (κ2) is 5.71. The Bertz CT molecular complexity index is 258. The highest BCUT2D eigenvalue weighted by molar-refractivity contribution is 5.74. The van der Waals surface area contributed by atoms with Crippen LogP contribution >= 0.6 is 0 Å². The molecule has 98 valence electrons. The van der Waals surface area contributed by atoms with Gasteiger partial charge in [-0.25, -0.2) is 4.79 Å². The number of rotatable bonds is 5. The summed E-state index contributed by atoms with van der Waals surface area (Å²) in [6, 6.07) is 0.131. The van der Waals surface area contributed by atoms with Gasteiger partial charge >= 0.3 is 6.03 Å². The minimum atomic E-state index is 0.131. The zero-order chi connectivity index (χ0) is 12.1. The van der Waals surface area contributed by atoms with Crippen LogP contribution in [0.1, 0.15) is 38.5 Å². The first-order valence-electron chi connectivity index (χ1n) is 6.77. The van der Waals surface area contributed by atoms with Crippen molar-refractivity contribution in [3.05, 3.63) is 0 Å². The molecular formula is C13H24N2O2. The molecule has 2 rings (SSSR count). The predicted octanol–water partition coefficient (Wildman–Crippen LogP) is 2.00. The van der Waals surface area contributed by atoms with Crippen molar-refractivity contribution < 1.29 is 9.53 Å². The number of methoxy groups -OCH3 is 1. The van der Waals surface area contributed by atoms with Crippen molar-refractivity contribution in [1.29, 1.82) is 0 Å². The Morgan fingerprint density at radius 1 is 1.29 bits per heavy atom. The lowest BCUT2D eigenvalue weighted by atomic mass is 9.67. The van der Waals surface area contributed by atoms with Gasteiger partial charge in [-0.05, 0) is 37.5 Å². The van der Waals surface area contributed by atoms with E-state index in [9.17, 15) is 4.79 Å². The Hall–Kier alpha value is -0.770. The normalized spacial score (nSPS) is 22.3. The highest BCUT2D eigenvalue weighted by Gasteiger charge is 2.37. The van der Waals surface area contributed by atoms with Gasteiger partial charge in [0.25, 0.3) is 0 Å². The minimum Gasteiger partial charge on any atom is -0.385 e. The van der Waals surface area contributed by atoms with Crippen molar-refractivity contribution in [2.75, 3.05) is 33.4 Å². The van der Waals surface area contributed by atoms with E-state index in [0.717, 1.165) is 45.5 Å². The number of nitrogens with one attached hydrogen (secondary N) is 1. The zero-order valence-corrected chi connectivity index (χ0v) is 10.8. The number of hydrogen-bond donors (Lipinski definition) is 1. The van der Waals surface area contributed by atoms with Gasteiger partial charge in [0.1, 0.15) is 0 Å². The summed E-state index contributed by atoms with van der Waals surface area (Å²) in [4.78, 5) is 13.8. The summed E-state index contributed by atoms with van der Waals surface area (Å²) in [5.74, 6) is 0. The van der Waals surface area contributed by atoms with Gasteiger partial charge in [-0.3, -0.25) is 0 Å². The van der Waals surface area contributed by atoms with E-state index < -0.39 is 0 Å². The molecule has 1 saturated heterocycles. The molecule has 1 N–H and O–H groups in total. The second-order valence-electron chi connectivity index (χ2n) is 5.45. The molecule has 1 heterocycles. The third-order valence-corrected chi connectivity index (χ3v) is 4.26. The van der Waals surface area contributed by atoms with Crippen LogP contribution in [0.25, 0.3) is 0 Å². The van der Waals surface area contributed by atoms with E-state index in [1.165, 1.54) is 19.3 Å². The van der Waals surface area contributed by atoms with Crippen molar-refractivity contribution in [2.45, 2.75) is 38.5 Å². The molecule has 0 aromatic heterocycles. The van der Waals surface area contributed by atoms with Crippen LogP contribution in [-0.2, 0) is 4.74 Å². The van der Waals surface area contributed by atoms with Crippen LogP contribution in [-0.4, -0.2) is 44.3 Å². The fourth-order valence-electron chi connectivity index (χ4n) is 2.81. The third-order valence-electron chi connectivity index (χ3n) is 4.26. The van der Waals surface area contributed by atoms with Crippen LogP contribution < -0.4 is 5.32 Å². The van der Waals surface area contributed by atoms with Gasteiger partial charge in [-0.1, -0.05) is 6.42 Å². The van der Waals surface area contributed by atoms with E-state index >= 15 is 0 Å². The monoisotopic (exact) mass is 240 g/mol. The van der Waals surface area contributed by atoms with Crippen molar-refractivity contribution >= 4 is 6.03 Å². The first-order valence-corrected chi connectivity index (χ1v) is 6.77. The lowest BCUT2D eigenvalue weighted by molar-refractivity contribution is 0.0698. The third kappa shape index (κ3) is 3.12.